The summed E-state index contributed by atoms with van der Waals surface area (Å²) in [6.07, 6.45) is 0.183. The molecule has 1 aliphatic rings. The Labute approximate surface area is 145 Å². The molecule has 1 saturated heterocycles. The number of amides is 2. The lowest BCUT2D eigenvalue weighted by Gasteiger charge is -2.17. The molecule has 0 bridgehead atoms. The summed E-state index contributed by atoms with van der Waals surface area (Å²) in [4.78, 5) is 26.3. The van der Waals surface area contributed by atoms with Gasteiger partial charge in [-0.2, -0.15) is 0 Å². The van der Waals surface area contributed by atoms with Gasteiger partial charge in [0, 0.05) is 35.4 Å². The Morgan fingerprint density at radius 2 is 2.04 bits per heavy atom. The number of methoxy groups -OCH3 is 1. The summed E-state index contributed by atoms with van der Waals surface area (Å²) in [6.45, 7) is 0.342. The molecule has 0 unspecified atom stereocenters. The van der Waals surface area contributed by atoms with Gasteiger partial charge in [-0.25, -0.2) is 0 Å². The molecule has 2 aromatic rings. The number of carbonyl (C=O) groups is 2. The van der Waals surface area contributed by atoms with Gasteiger partial charge in [0.1, 0.15) is 5.75 Å². The zero-order chi connectivity index (χ0) is 17.1. The van der Waals surface area contributed by atoms with Crippen molar-refractivity contribution in [1.82, 2.24) is 0 Å². The first-order chi connectivity index (χ1) is 11.6. The van der Waals surface area contributed by atoms with Crippen LogP contribution in [-0.4, -0.2) is 25.5 Å². The summed E-state index contributed by atoms with van der Waals surface area (Å²) < 4.78 is 5.14. The highest BCUT2D eigenvalue weighted by Crippen LogP contribution is 2.28. The fourth-order valence-corrected chi connectivity index (χ4v) is 2.91. The first kappa shape index (κ1) is 16.3. The highest BCUT2D eigenvalue weighted by molar-refractivity contribution is 6.31. The largest absolute Gasteiger partial charge is 0.497 e. The van der Waals surface area contributed by atoms with Gasteiger partial charge >= 0.3 is 0 Å². The van der Waals surface area contributed by atoms with Crippen LogP contribution in [0.3, 0.4) is 0 Å². The lowest BCUT2D eigenvalue weighted by molar-refractivity contribution is -0.122. The quantitative estimate of drug-likeness (QED) is 0.925. The molecule has 1 fully saturated rings. The molecule has 1 aliphatic heterocycles. The van der Waals surface area contributed by atoms with Crippen molar-refractivity contribution in [3.05, 3.63) is 53.6 Å². The van der Waals surface area contributed by atoms with Gasteiger partial charge in [0.2, 0.25) is 11.8 Å². The Bertz CT molecular complexity index is 778. The molecule has 2 aromatic carbocycles. The van der Waals surface area contributed by atoms with Gasteiger partial charge < -0.3 is 15.0 Å². The van der Waals surface area contributed by atoms with Crippen molar-refractivity contribution >= 4 is 34.8 Å². The molecule has 3 rings (SSSR count). The number of hydrogen-bond acceptors (Lipinski definition) is 3. The molecular formula is C18H17ClN2O3. The minimum Gasteiger partial charge on any atom is -0.497 e. The predicted molar refractivity (Wildman–Crippen MR) is 93.5 cm³/mol. The number of benzene rings is 2. The maximum absolute atomic E-state index is 12.4. The van der Waals surface area contributed by atoms with Gasteiger partial charge in [0.15, 0.2) is 0 Å². The monoisotopic (exact) mass is 344 g/mol. The van der Waals surface area contributed by atoms with Crippen LogP contribution in [0.2, 0.25) is 5.02 Å². The Balaban J connectivity index is 1.69. The van der Waals surface area contributed by atoms with Crippen molar-refractivity contribution in [2.75, 3.05) is 23.9 Å². The molecular weight excluding hydrogens is 328 g/mol. The van der Waals surface area contributed by atoms with Crippen molar-refractivity contribution in [3.63, 3.8) is 0 Å². The standard InChI is InChI=1S/C18H17ClN2O3/c1-24-16-7-3-5-14(10-16)20-18(23)12-8-17(22)21(11-12)15-6-2-4-13(19)9-15/h2-7,9-10,12H,8,11H2,1H3,(H,20,23)/t12-/m0/s1. The number of rotatable bonds is 4. The second-order valence-corrected chi connectivity index (χ2v) is 6.04. The number of ether oxygens (including phenoxy) is 1. The first-order valence-corrected chi connectivity index (χ1v) is 7.95. The van der Waals surface area contributed by atoms with Crippen LogP contribution in [0.15, 0.2) is 48.5 Å². The van der Waals surface area contributed by atoms with Crippen molar-refractivity contribution < 1.29 is 14.3 Å². The van der Waals surface area contributed by atoms with Crippen LogP contribution in [0, 0.1) is 5.92 Å². The fraction of sp³-hybridized carbons (Fsp3) is 0.222. The SMILES string of the molecule is COc1cccc(NC(=O)[C@H]2CC(=O)N(c3cccc(Cl)c3)C2)c1. The summed E-state index contributed by atoms with van der Waals surface area (Å²) >= 11 is 5.98. The van der Waals surface area contributed by atoms with Crippen LogP contribution in [0.1, 0.15) is 6.42 Å². The molecule has 0 aliphatic carbocycles. The van der Waals surface area contributed by atoms with E-state index in [4.69, 9.17) is 16.3 Å². The number of anilines is 2. The second kappa shape index (κ2) is 6.93. The zero-order valence-electron chi connectivity index (χ0n) is 13.2. The number of hydrogen-bond donors (Lipinski definition) is 1. The maximum atomic E-state index is 12.4. The van der Waals surface area contributed by atoms with Gasteiger partial charge in [-0.3, -0.25) is 9.59 Å². The van der Waals surface area contributed by atoms with Crippen LogP contribution in [0.4, 0.5) is 11.4 Å². The average Bonchev–Trinajstić information content (AvgIpc) is 2.97. The maximum Gasteiger partial charge on any atom is 0.229 e. The molecule has 0 radical (unpaired) electrons. The Kier molecular flexibility index (Phi) is 4.71. The first-order valence-electron chi connectivity index (χ1n) is 7.57. The summed E-state index contributed by atoms with van der Waals surface area (Å²) in [5.74, 6) is 0.00252. The molecule has 2 amide bonds. The molecule has 0 saturated carbocycles. The van der Waals surface area contributed by atoms with E-state index in [0.29, 0.717) is 28.7 Å². The van der Waals surface area contributed by atoms with Gasteiger partial charge in [0.25, 0.3) is 0 Å². The number of carbonyl (C=O) groups excluding carboxylic acids is 2. The highest BCUT2D eigenvalue weighted by Gasteiger charge is 2.35. The van der Waals surface area contributed by atoms with E-state index < -0.39 is 5.92 Å². The normalized spacial score (nSPS) is 17.0. The molecule has 5 nitrogen and oxygen atoms in total. The molecule has 1 N–H and O–H groups in total. The smallest absolute Gasteiger partial charge is 0.229 e. The van der Waals surface area contributed by atoms with Crippen molar-refractivity contribution in [2.24, 2.45) is 5.92 Å². The summed E-state index contributed by atoms with van der Waals surface area (Å²) in [5, 5.41) is 3.40. The molecule has 24 heavy (non-hydrogen) atoms. The van der Waals surface area contributed by atoms with Gasteiger partial charge in [-0.05, 0) is 30.3 Å². The molecule has 6 heteroatoms. The topological polar surface area (TPSA) is 58.6 Å². The van der Waals surface area contributed by atoms with Crippen molar-refractivity contribution in [2.45, 2.75) is 6.42 Å². The van der Waals surface area contributed by atoms with Gasteiger partial charge in [-0.15, -0.1) is 0 Å². The Morgan fingerprint density at radius 3 is 2.79 bits per heavy atom. The molecule has 1 atom stereocenters. The van der Waals surface area contributed by atoms with E-state index in [2.05, 4.69) is 5.32 Å². The van der Waals surface area contributed by atoms with E-state index >= 15 is 0 Å². The Hall–Kier alpha value is -2.53. The summed E-state index contributed by atoms with van der Waals surface area (Å²) in [7, 11) is 1.57. The number of nitrogens with zero attached hydrogens (tertiary/aromatic N) is 1. The second-order valence-electron chi connectivity index (χ2n) is 5.61. The lowest BCUT2D eigenvalue weighted by atomic mass is 10.1. The average molecular weight is 345 g/mol. The van der Waals surface area contributed by atoms with Crippen LogP contribution in [-0.2, 0) is 9.59 Å². The van der Waals surface area contributed by atoms with E-state index in [0.717, 1.165) is 0 Å². The Morgan fingerprint density at radius 1 is 1.25 bits per heavy atom. The molecule has 1 heterocycles. The zero-order valence-corrected chi connectivity index (χ0v) is 13.9. The minimum atomic E-state index is -0.400. The summed E-state index contributed by atoms with van der Waals surface area (Å²) in [6, 6.07) is 14.2. The number of nitrogens with one attached hydrogen (secondary N) is 1. The van der Waals surface area contributed by atoms with Gasteiger partial charge in [-0.1, -0.05) is 23.7 Å². The van der Waals surface area contributed by atoms with E-state index in [9.17, 15) is 9.59 Å². The minimum absolute atomic E-state index is 0.0805. The lowest BCUT2D eigenvalue weighted by Crippen LogP contribution is -2.28. The van der Waals surface area contributed by atoms with E-state index in [1.54, 1.807) is 54.5 Å². The molecule has 124 valence electrons. The van der Waals surface area contributed by atoms with Crippen LogP contribution < -0.4 is 15.0 Å². The molecule has 0 spiro atoms. The number of halogens is 1. The third-order valence-electron chi connectivity index (χ3n) is 3.95. The van der Waals surface area contributed by atoms with E-state index in [1.165, 1.54) is 0 Å². The summed E-state index contributed by atoms with van der Waals surface area (Å²) in [5.41, 5.74) is 1.36. The van der Waals surface area contributed by atoms with Crippen LogP contribution in [0.25, 0.3) is 0 Å². The van der Waals surface area contributed by atoms with E-state index in [1.807, 2.05) is 6.07 Å². The van der Waals surface area contributed by atoms with Crippen LogP contribution >= 0.6 is 11.6 Å². The van der Waals surface area contributed by atoms with Crippen LogP contribution in [0.5, 0.6) is 5.75 Å². The highest BCUT2D eigenvalue weighted by atomic mass is 35.5. The molecule has 0 aromatic heterocycles. The third kappa shape index (κ3) is 3.51. The van der Waals surface area contributed by atoms with Crippen molar-refractivity contribution in [3.8, 4) is 5.75 Å². The van der Waals surface area contributed by atoms with E-state index in [-0.39, 0.29) is 18.2 Å². The predicted octanol–water partition coefficient (Wildman–Crippen LogP) is 3.34. The fourth-order valence-electron chi connectivity index (χ4n) is 2.72. The van der Waals surface area contributed by atoms with Gasteiger partial charge in [0.05, 0.1) is 13.0 Å². The van der Waals surface area contributed by atoms with Crippen molar-refractivity contribution in [1.29, 1.82) is 0 Å². The third-order valence-corrected chi connectivity index (χ3v) is 4.19.